The first kappa shape index (κ1) is 20.8. The van der Waals surface area contributed by atoms with Crippen LogP contribution >= 0.6 is 23.2 Å². The highest BCUT2D eigenvalue weighted by Gasteiger charge is 2.35. The van der Waals surface area contributed by atoms with E-state index in [1.165, 1.54) is 45.2 Å². The summed E-state index contributed by atoms with van der Waals surface area (Å²) in [6.45, 7) is 2.86. The van der Waals surface area contributed by atoms with Crippen molar-refractivity contribution in [1.29, 1.82) is 0 Å². The van der Waals surface area contributed by atoms with Crippen LogP contribution in [0.25, 0.3) is 0 Å². The average molecular weight is 413 g/mol. The fourth-order valence-corrected chi connectivity index (χ4v) is 4.86. The van der Waals surface area contributed by atoms with E-state index >= 15 is 0 Å². The maximum Gasteiger partial charge on any atom is 0.222 e. The summed E-state index contributed by atoms with van der Waals surface area (Å²) < 4.78 is 5.70. The topological polar surface area (TPSA) is 32.8 Å². The summed E-state index contributed by atoms with van der Waals surface area (Å²) in [6.07, 6.45) is 8.64. The number of nitrogens with zero attached hydrogens (tertiary/aromatic N) is 2. The van der Waals surface area contributed by atoms with Crippen LogP contribution in [0.3, 0.4) is 0 Å². The minimum atomic E-state index is 0.219. The summed E-state index contributed by atoms with van der Waals surface area (Å²) >= 11 is 12.0. The van der Waals surface area contributed by atoms with Gasteiger partial charge in [-0.3, -0.25) is 9.69 Å². The van der Waals surface area contributed by atoms with E-state index in [4.69, 9.17) is 27.9 Å². The number of hydrogen-bond acceptors (Lipinski definition) is 3. The summed E-state index contributed by atoms with van der Waals surface area (Å²) in [7, 11) is 1.98. The minimum absolute atomic E-state index is 0.219. The summed E-state index contributed by atoms with van der Waals surface area (Å²) in [5, 5.41) is 1.09. The molecular formula is C21H30Cl2N2O2. The van der Waals surface area contributed by atoms with Crippen LogP contribution in [0.2, 0.25) is 10.0 Å². The van der Waals surface area contributed by atoms with Gasteiger partial charge in [-0.25, -0.2) is 0 Å². The van der Waals surface area contributed by atoms with Gasteiger partial charge >= 0.3 is 0 Å². The van der Waals surface area contributed by atoms with Crippen LogP contribution in [0.1, 0.15) is 51.4 Å². The quantitative estimate of drug-likeness (QED) is 0.589. The number of hydrogen-bond donors (Lipinski definition) is 0. The highest BCUT2D eigenvalue weighted by molar-refractivity contribution is 6.35. The van der Waals surface area contributed by atoms with Crippen molar-refractivity contribution in [2.75, 3.05) is 26.7 Å². The third-order valence-electron chi connectivity index (χ3n) is 5.88. The molecule has 0 N–H and O–H groups in total. The van der Waals surface area contributed by atoms with Gasteiger partial charge in [-0.2, -0.15) is 0 Å². The van der Waals surface area contributed by atoms with E-state index in [1.807, 2.05) is 11.9 Å². The van der Waals surface area contributed by atoms with Crippen LogP contribution in [0, 0.1) is 0 Å². The van der Waals surface area contributed by atoms with E-state index < -0.39 is 0 Å². The molecule has 0 radical (unpaired) electrons. The van der Waals surface area contributed by atoms with E-state index in [0.29, 0.717) is 47.3 Å². The molecule has 1 aromatic rings. The van der Waals surface area contributed by atoms with Crippen LogP contribution in [0.4, 0.5) is 0 Å². The molecule has 6 heteroatoms. The number of rotatable bonds is 7. The molecule has 0 spiro atoms. The van der Waals surface area contributed by atoms with Crippen molar-refractivity contribution < 1.29 is 9.53 Å². The lowest BCUT2D eigenvalue weighted by molar-refractivity contribution is -0.134. The first-order valence-corrected chi connectivity index (χ1v) is 10.9. The molecule has 1 saturated carbocycles. The van der Waals surface area contributed by atoms with Gasteiger partial charge in [0.25, 0.3) is 0 Å². The molecule has 27 heavy (non-hydrogen) atoms. The number of benzene rings is 1. The predicted molar refractivity (Wildman–Crippen MR) is 111 cm³/mol. The Morgan fingerprint density at radius 1 is 1.19 bits per heavy atom. The fraction of sp³-hybridized carbons (Fsp3) is 0.667. The number of amides is 1. The second-order valence-corrected chi connectivity index (χ2v) is 8.54. The molecular weight excluding hydrogens is 383 g/mol. The Labute approximate surface area is 172 Å². The van der Waals surface area contributed by atoms with E-state index in [1.54, 1.807) is 18.2 Å². The molecule has 2 atom stereocenters. The molecule has 0 aromatic heterocycles. The average Bonchev–Trinajstić information content (AvgIpc) is 3.20. The lowest BCUT2D eigenvalue weighted by Gasteiger charge is -2.42. The van der Waals surface area contributed by atoms with E-state index in [2.05, 4.69) is 4.90 Å². The van der Waals surface area contributed by atoms with Crippen LogP contribution in [0.15, 0.2) is 18.2 Å². The van der Waals surface area contributed by atoms with Crippen LogP contribution in [-0.4, -0.2) is 54.5 Å². The standard InChI is InChI=1S/C21H30Cl2N2O2/c1-24(18-7-2-3-8-19(18)25-12-4-5-13-25)21(26)9-6-14-27-20-11-10-16(22)15-17(20)23/h10-11,15,18-19H,2-9,12-14H2,1H3/t18?,19-/m1/s1. The van der Waals surface area contributed by atoms with E-state index in [9.17, 15) is 4.79 Å². The molecule has 2 aliphatic rings. The molecule has 0 bridgehead atoms. The second-order valence-electron chi connectivity index (χ2n) is 7.69. The molecule has 1 amide bonds. The molecule has 3 rings (SSSR count). The van der Waals surface area contributed by atoms with Gasteiger partial charge in [-0.15, -0.1) is 0 Å². The number of halogens is 2. The third-order valence-corrected chi connectivity index (χ3v) is 6.41. The van der Waals surface area contributed by atoms with Crippen molar-refractivity contribution in [3.63, 3.8) is 0 Å². The third kappa shape index (κ3) is 5.52. The van der Waals surface area contributed by atoms with Gasteiger partial charge in [0, 0.05) is 30.6 Å². The number of ether oxygens (including phenoxy) is 1. The van der Waals surface area contributed by atoms with Crippen LogP contribution < -0.4 is 4.74 Å². The Hall–Kier alpha value is -0.970. The van der Waals surface area contributed by atoms with Crippen molar-refractivity contribution in [2.45, 2.75) is 63.5 Å². The Morgan fingerprint density at radius 3 is 2.67 bits per heavy atom. The number of carbonyl (C=O) groups excluding carboxylic acids is 1. The number of likely N-dealkylation sites (tertiary alicyclic amines) is 1. The maximum atomic E-state index is 12.7. The zero-order chi connectivity index (χ0) is 19.2. The lowest BCUT2D eigenvalue weighted by Crippen LogP contribution is -2.53. The molecule has 1 heterocycles. The van der Waals surface area contributed by atoms with Gasteiger partial charge < -0.3 is 9.64 Å². The zero-order valence-corrected chi connectivity index (χ0v) is 17.6. The van der Waals surface area contributed by atoms with E-state index in [0.717, 1.165) is 6.42 Å². The summed E-state index contributed by atoms with van der Waals surface area (Å²) in [5.41, 5.74) is 0. The normalized spacial score (nSPS) is 23.4. The fourth-order valence-electron chi connectivity index (χ4n) is 4.40. The molecule has 1 aromatic carbocycles. The Balaban J connectivity index is 1.46. The van der Waals surface area contributed by atoms with Crippen molar-refractivity contribution in [2.24, 2.45) is 0 Å². The molecule has 1 aliphatic carbocycles. The van der Waals surface area contributed by atoms with Crippen molar-refractivity contribution in [3.8, 4) is 5.75 Å². The van der Waals surface area contributed by atoms with Crippen molar-refractivity contribution in [3.05, 3.63) is 28.2 Å². The Bertz CT molecular complexity index is 635. The monoisotopic (exact) mass is 412 g/mol. The number of carbonyl (C=O) groups is 1. The van der Waals surface area contributed by atoms with Gasteiger partial charge in [0.05, 0.1) is 11.6 Å². The van der Waals surface area contributed by atoms with Gasteiger partial charge in [0.1, 0.15) is 5.75 Å². The van der Waals surface area contributed by atoms with Gasteiger partial charge in [-0.1, -0.05) is 36.0 Å². The highest BCUT2D eigenvalue weighted by atomic mass is 35.5. The van der Waals surface area contributed by atoms with Gasteiger partial charge in [-0.05, 0) is 63.4 Å². The summed E-state index contributed by atoms with van der Waals surface area (Å²) in [4.78, 5) is 17.4. The van der Waals surface area contributed by atoms with Crippen molar-refractivity contribution in [1.82, 2.24) is 9.80 Å². The first-order valence-electron chi connectivity index (χ1n) is 10.1. The molecule has 4 nitrogen and oxygen atoms in total. The lowest BCUT2D eigenvalue weighted by atomic mass is 9.88. The smallest absolute Gasteiger partial charge is 0.222 e. The van der Waals surface area contributed by atoms with Crippen LogP contribution in [-0.2, 0) is 4.79 Å². The molecule has 1 unspecified atom stereocenters. The largest absolute Gasteiger partial charge is 0.492 e. The summed E-state index contributed by atoms with van der Waals surface area (Å²) in [6, 6.07) is 6.08. The molecule has 150 valence electrons. The zero-order valence-electron chi connectivity index (χ0n) is 16.1. The predicted octanol–water partition coefficient (Wildman–Crippen LogP) is 5.02. The molecule has 1 aliphatic heterocycles. The molecule has 2 fully saturated rings. The first-order chi connectivity index (χ1) is 13.1. The second kappa shape index (κ2) is 9.99. The van der Waals surface area contributed by atoms with Gasteiger partial charge in [0.2, 0.25) is 5.91 Å². The molecule has 1 saturated heterocycles. The summed E-state index contributed by atoms with van der Waals surface area (Å²) in [5.74, 6) is 0.833. The maximum absolute atomic E-state index is 12.7. The Kier molecular flexibility index (Phi) is 7.68. The minimum Gasteiger partial charge on any atom is -0.492 e. The van der Waals surface area contributed by atoms with E-state index in [-0.39, 0.29) is 5.91 Å². The van der Waals surface area contributed by atoms with Gasteiger partial charge in [0.15, 0.2) is 0 Å². The van der Waals surface area contributed by atoms with Crippen LogP contribution in [0.5, 0.6) is 5.75 Å². The SMILES string of the molecule is CN(C(=O)CCCOc1ccc(Cl)cc1Cl)C1CCCC[C@H]1N1CCCC1. The highest BCUT2D eigenvalue weighted by Crippen LogP contribution is 2.30. The Morgan fingerprint density at radius 2 is 1.93 bits per heavy atom. The number of likely N-dealkylation sites (N-methyl/N-ethyl adjacent to an activating group) is 1. The van der Waals surface area contributed by atoms with Crippen molar-refractivity contribution >= 4 is 29.1 Å².